The Kier molecular flexibility index (Phi) is 3.17. The van der Waals surface area contributed by atoms with Crippen molar-refractivity contribution in [3.63, 3.8) is 0 Å². The Morgan fingerprint density at radius 2 is 1.76 bits per heavy atom. The van der Waals surface area contributed by atoms with Gasteiger partial charge in [-0.15, -0.1) is 6.42 Å². The zero-order chi connectivity index (χ0) is 11.0. The maximum atomic E-state index is 5.35. The van der Waals surface area contributed by atoms with Crippen LogP contribution in [0.5, 0.6) is 0 Å². The number of pyridine rings is 2. The Bertz CT molecular complexity index is 729. The Labute approximate surface area is 112 Å². The normalized spacial score (nSPS) is 9.82. The van der Waals surface area contributed by atoms with Crippen LogP contribution in [0.15, 0.2) is 42.7 Å². The van der Waals surface area contributed by atoms with Crippen molar-refractivity contribution in [3.05, 3.63) is 48.3 Å². The molecule has 0 atom stereocenters. The maximum Gasteiger partial charge on any atom is 0.0965 e. The van der Waals surface area contributed by atoms with Crippen LogP contribution in [-0.4, -0.2) is 9.97 Å². The fourth-order valence-corrected chi connectivity index (χ4v) is 1.82. The number of rotatable bonds is 0. The fourth-order valence-electron chi connectivity index (χ4n) is 1.82. The standard InChI is InChI=1S/C14H8N2.Ru/c1-2-10-8-12-6-5-11-4-3-7-15-13(11)14(12)16-9-10;/h1,3-9H;. The van der Waals surface area contributed by atoms with Gasteiger partial charge in [-0.25, -0.2) is 0 Å². The summed E-state index contributed by atoms with van der Waals surface area (Å²) >= 11 is 0. The number of fused-ring (bicyclic) bond motifs is 3. The molecule has 0 aliphatic rings. The summed E-state index contributed by atoms with van der Waals surface area (Å²) in [7, 11) is 0. The molecule has 0 spiro atoms. The molecule has 1 aromatic carbocycles. The molecule has 0 bridgehead atoms. The van der Waals surface area contributed by atoms with Crippen LogP contribution in [-0.2, 0) is 19.5 Å². The minimum absolute atomic E-state index is 0. The van der Waals surface area contributed by atoms with Crippen LogP contribution in [0, 0.1) is 12.3 Å². The molecular formula is C14H8N2Ru. The molecule has 0 fully saturated rings. The minimum atomic E-state index is 0. The van der Waals surface area contributed by atoms with E-state index >= 15 is 0 Å². The van der Waals surface area contributed by atoms with E-state index in [4.69, 9.17) is 6.42 Å². The van der Waals surface area contributed by atoms with Gasteiger partial charge in [-0.05, 0) is 12.1 Å². The molecule has 0 aliphatic carbocycles. The summed E-state index contributed by atoms with van der Waals surface area (Å²) in [6.45, 7) is 0. The maximum absolute atomic E-state index is 5.35. The molecule has 2 nitrogen and oxygen atoms in total. The third-order valence-corrected chi connectivity index (χ3v) is 2.59. The van der Waals surface area contributed by atoms with E-state index in [1.165, 1.54) is 0 Å². The monoisotopic (exact) mass is 306 g/mol. The summed E-state index contributed by atoms with van der Waals surface area (Å²) in [5.41, 5.74) is 2.61. The second-order valence-corrected chi connectivity index (χ2v) is 3.58. The number of benzene rings is 1. The topological polar surface area (TPSA) is 25.8 Å². The predicted octanol–water partition coefficient (Wildman–Crippen LogP) is 2.76. The van der Waals surface area contributed by atoms with Crippen molar-refractivity contribution < 1.29 is 19.5 Å². The van der Waals surface area contributed by atoms with Gasteiger partial charge in [0.15, 0.2) is 0 Å². The molecule has 2 aromatic heterocycles. The average molecular weight is 305 g/mol. The Hall–Kier alpha value is -1.78. The molecule has 0 saturated heterocycles. The van der Waals surface area contributed by atoms with E-state index in [0.29, 0.717) is 0 Å². The third kappa shape index (κ3) is 1.93. The zero-order valence-electron chi connectivity index (χ0n) is 8.87. The Balaban J connectivity index is 0.00000108. The van der Waals surface area contributed by atoms with E-state index in [0.717, 1.165) is 27.4 Å². The summed E-state index contributed by atoms with van der Waals surface area (Å²) in [5.74, 6) is 2.58. The van der Waals surface area contributed by atoms with E-state index in [2.05, 4.69) is 15.9 Å². The van der Waals surface area contributed by atoms with Crippen LogP contribution in [0.2, 0.25) is 0 Å². The molecule has 0 aliphatic heterocycles. The first-order valence-electron chi connectivity index (χ1n) is 4.98. The number of nitrogens with zero attached hydrogens (tertiary/aromatic N) is 2. The third-order valence-electron chi connectivity index (χ3n) is 2.59. The van der Waals surface area contributed by atoms with Gasteiger partial charge in [0.2, 0.25) is 0 Å². The molecule has 0 radical (unpaired) electrons. The average Bonchev–Trinajstić information content (AvgIpc) is 2.38. The molecule has 2 heterocycles. The summed E-state index contributed by atoms with van der Waals surface area (Å²) in [6.07, 6.45) is 8.83. The minimum Gasteiger partial charge on any atom is -0.254 e. The van der Waals surface area contributed by atoms with Gasteiger partial charge < -0.3 is 0 Å². The van der Waals surface area contributed by atoms with Crippen molar-refractivity contribution in [1.29, 1.82) is 0 Å². The summed E-state index contributed by atoms with van der Waals surface area (Å²) < 4.78 is 0. The second kappa shape index (κ2) is 4.61. The van der Waals surface area contributed by atoms with Crippen LogP contribution in [0.4, 0.5) is 0 Å². The number of terminal acetylenes is 1. The first-order chi connectivity index (χ1) is 7.88. The predicted molar refractivity (Wildman–Crippen MR) is 65.0 cm³/mol. The number of hydrogen-bond acceptors (Lipinski definition) is 2. The molecular weight excluding hydrogens is 297 g/mol. The number of aromatic nitrogens is 2. The smallest absolute Gasteiger partial charge is 0.0965 e. The van der Waals surface area contributed by atoms with Crippen LogP contribution in [0.3, 0.4) is 0 Å². The van der Waals surface area contributed by atoms with Crippen LogP contribution >= 0.6 is 0 Å². The van der Waals surface area contributed by atoms with Gasteiger partial charge >= 0.3 is 0 Å². The molecule has 17 heavy (non-hydrogen) atoms. The summed E-state index contributed by atoms with van der Waals surface area (Å²) in [5, 5.41) is 2.12. The van der Waals surface area contributed by atoms with Crippen molar-refractivity contribution in [1.82, 2.24) is 9.97 Å². The van der Waals surface area contributed by atoms with Crippen molar-refractivity contribution in [2.75, 3.05) is 0 Å². The SMILES string of the molecule is C#Cc1cnc2c(ccc3cccnc32)c1.[Ru]. The molecule has 0 saturated carbocycles. The van der Waals surface area contributed by atoms with E-state index < -0.39 is 0 Å². The molecule has 0 unspecified atom stereocenters. The molecule has 82 valence electrons. The van der Waals surface area contributed by atoms with Crippen molar-refractivity contribution >= 4 is 21.8 Å². The summed E-state index contributed by atoms with van der Waals surface area (Å²) in [4.78, 5) is 8.73. The van der Waals surface area contributed by atoms with Gasteiger partial charge in [-0.1, -0.05) is 24.1 Å². The quantitative estimate of drug-likeness (QED) is 0.362. The molecule has 0 N–H and O–H groups in total. The first-order valence-corrected chi connectivity index (χ1v) is 4.98. The Morgan fingerprint density at radius 1 is 1.00 bits per heavy atom. The molecule has 3 rings (SSSR count). The van der Waals surface area contributed by atoms with Gasteiger partial charge in [-0.2, -0.15) is 0 Å². The van der Waals surface area contributed by atoms with E-state index in [9.17, 15) is 0 Å². The van der Waals surface area contributed by atoms with Gasteiger partial charge in [-0.3, -0.25) is 9.97 Å². The fraction of sp³-hybridized carbons (Fsp3) is 0. The van der Waals surface area contributed by atoms with Crippen molar-refractivity contribution in [2.24, 2.45) is 0 Å². The van der Waals surface area contributed by atoms with Crippen LogP contribution in [0.1, 0.15) is 5.56 Å². The van der Waals surface area contributed by atoms with Gasteiger partial charge in [0.05, 0.1) is 11.0 Å². The zero-order valence-corrected chi connectivity index (χ0v) is 10.6. The van der Waals surface area contributed by atoms with E-state index in [1.54, 1.807) is 12.4 Å². The first kappa shape index (κ1) is 11.7. The second-order valence-electron chi connectivity index (χ2n) is 3.58. The van der Waals surface area contributed by atoms with Crippen LogP contribution in [0.25, 0.3) is 21.8 Å². The van der Waals surface area contributed by atoms with Crippen molar-refractivity contribution in [2.45, 2.75) is 0 Å². The van der Waals surface area contributed by atoms with Gasteiger partial charge in [0.1, 0.15) is 0 Å². The van der Waals surface area contributed by atoms with E-state index in [1.807, 2.05) is 30.3 Å². The molecule has 3 heteroatoms. The Morgan fingerprint density at radius 3 is 2.59 bits per heavy atom. The molecule has 3 aromatic rings. The largest absolute Gasteiger partial charge is 0.254 e. The molecule has 0 amide bonds. The van der Waals surface area contributed by atoms with Gasteiger partial charge in [0, 0.05) is 48.2 Å². The van der Waals surface area contributed by atoms with E-state index in [-0.39, 0.29) is 19.5 Å². The van der Waals surface area contributed by atoms with Gasteiger partial charge in [0.25, 0.3) is 0 Å². The number of hydrogen-bond donors (Lipinski definition) is 0. The van der Waals surface area contributed by atoms with Crippen LogP contribution < -0.4 is 0 Å². The van der Waals surface area contributed by atoms with Crippen molar-refractivity contribution in [3.8, 4) is 12.3 Å². The summed E-state index contributed by atoms with van der Waals surface area (Å²) in [6, 6.07) is 9.96.